The Labute approximate surface area is 192 Å². The van der Waals surface area contributed by atoms with Crippen LogP contribution < -0.4 is 10.0 Å². The van der Waals surface area contributed by atoms with E-state index in [1.807, 2.05) is 13.0 Å². The SMILES string of the molecule is Cc1nc2cc(NC(=O)c3cc(Cl)ccc3NS(=O)(=O)c3ccc(Cl)cc3)ccc2s1. The predicted octanol–water partition coefficient (Wildman–Crippen LogP) is 5.96. The maximum atomic E-state index is 13.0. The molecule has 6 nitrogen and oxygen atoms in total. The fourth-order valence-corrected chi connectivity index (χ4v) is 5.11. The molecule has 3 aromatic carbocycles. The minimum Gasteiger partial charge on any atom is -0.322 e. The number of nitrogens with zero attached hydrogens (tertiary/aromatic N) is 1. The van der Waals surface area contributed by atoms with E-state index in [1.54, 1.807) is 23.5 Å². The smallest absolute Gasteiger partial charge is 0.261 e. The molecule has 31 heavy (non-hydrogen) atoms. The van der Waals surface area contributed by atoms with E-state index < -0.39 is 15.9 Å². The molecule has 0 saturated carbocycles. The number of aryl methyl sites for hydroxylation is 1. The summed E-state index contributed by atoms with van der Waals surface area (Å²) in [4.78, 5) is 17.4. The molecule has 4 rings (SSSR count). The summed E-state index contributed by atoms with van der Waals surface area (Å²) in [7, 11) is -3.94. The fourth-order valence-electron chi connectivity index (χ4n) is 2.93. The molecule has 0 spiro atoms. The molecule has 4 aromatic rings. The summed E-state index contributed by atoms with van der Waals surface area (Å²) in [6.45, 7) is 1.91. The van der Waals surface area contributed by atoms with Gasteiger partial charge in [-0.3, -0.25) is 9.52 Å². The van der Waals surface area contributed by atoms with Crippen molar-refractivity contribution in [3.63, 3.8) is 0 Å². The third-order valence-corrected chi connectivity index (χ3v) is 7.17. The zero-order chi connectivity index (χ0) is 22.2. The van der Waals surface area contributed by atoms with Gasteiger partial charge in [-0.25, -0.2) is 13.4 Å². The van der Waals surface area contributed by atoms with Gasteiger partial charge in [0.05, 0.1) is 31.4 Å². The molecular formula is C21H15Cl2N3O3S2. The Kier molecular flexibility index (Phi) is 5.90. The number of carbonyl (C=O) groups is 1. The van der Waals surface area contributed by atoms with Gasteiger partial charge in [0.2, 0.25) is 0 Å². The van der Waals surface area contributed by atoms with E-state index in [0.717, 1.165) is 15.2 Å². The topological polar surface area (TPSA) is 88.2 Å². The van der Waals surface area contributed by atoms with Crippen LogP contribution in [0.2, 0.25) is 10.0 Å². The van der Waals surface area contributed by atoms with Crippen LogP contribution in [0.4, 0.5) is 11.4 Å². The van der Waals surface area contributed by atoms with Gasteiger partial charge in [-0.2, -0.15) is 0 Å². The van der Waals surface area contributed by atoms with Gasteiger partial charge in [0.25, 0.3) is 15.9 Å². The summed E-state index contributed by atoms with van der Waals surface area (Å²) in [6.07, 6.45) is 0. The van der Waals surface area contributed by atoms with E-state index >= 15 is 0 Å². The van der Waals surface area contributed by atoms with Gasteiger partial charge in [-0.05, 0) is 67.6 Å². The van der Waals surface area contributed by atoms with Crippen molar-refractivity contribution in [3.8, 4) is 0 Å². The summed E-state index contributed by atoms with van der Waals surface area (Å²) in [5, 5.41) is 4.41. The number of nitrogens with one attached hydrogen (secondary N) is 2. The highest BCUT2D eigenvalue weighted by Crippen LogP contribution is 2.27. The van der Waals surface area contributed by atoms with Crippen molar-refractivity contribution in [2.75, 3.05) is 10.0 Å². The quantitative estimate of drug-likeness (QED) is 0.360. The lowest BCUT2D eigenvalue weighted by Gasteiger charge is -2.13. The fraction of sp³-hybridized carbons (Fsp3) is 0.0476. The lowest BCUT2D eigenvalue weighted by atomic mass is 10.1. The van der Waals surface area contributed by atoms with Crippen LogP contribution in [0, 0.1) is 6.92 Å². The van der Waals surface area contributed by atoms with Crippen molar-refractivity contribution in [1.29, 1.82) is 0 Å². The number of amides is 1. The Morgan fingerprint density at radius 3 is 2.42 bits per heavy atom. The van der Waals surface area contributed by atoms with E-state index in [4.69, 9.17) is 23.2 Å². The molecule has 0 aliphatic rings. The molecule has 0 fully saturated rings. The molecule has 10 heteroatoms. The van der Waals surface area contributed by atoms with Crippen LogP contribution in [0.3, 0.4) is 0 Å². The van der Waals surface area contributed by atoms with Crippen molar-refractivity contribution >= 4 is 72.1 Å². The molecule has 0 saturated heterocycles. The van der Waals surface area contributed by atoms with E-state index in [9.17, 15) is 13.2 Å². The number of carbonyl (C=O) groups excluding carboxylic acids is 1. The van der Waals surface area contributed by atoms with Gasteiger partial charge < -0.3 is 5.32 Å². The van der Waals surface area contributed by atoms with Crippen LogP contribution in [0.1, 0.15) is 15.4 Å². The molecule has 0 aliphatic heterocycles. The van der Waals surface area contributed by atoms with Gasteiger partial charge in [-0.1, -0.05) is 23.2 Å². The number of halogens is 2. The molecule has 1 heterocycles. The molecule has 0 unspecified atom stereocenters. The Balaban J connectivity index is 1.63. The summed E-state index contributed by atoms with van der Waals surface area (Å²) in [6, 6.07) is 15.5. The molecule has 1 aromatic heterocycles. The van der Waals surface area contributed by atoms with Crippen molar-refractivity contribution in [2.24, 2.45) is 0 Å². The first kappa shape index (κ1) is 21.6. The number of hydrogen-bond donors (Lipinski definition) is 2. The van der Waals surface area contributed by atoms with Crippen molar-refractivity contribution < 1.29 is 13.2 Å². The first-order valence-corrected chi connectivity index (χ1v) is 12.0. The number of hydrogen-bond acceptors (Lipinski definition) is 5. The number of thiazole rings is 1. The van der Waals surface area contributed by atoms with E-state index in [1.165, 1.54) is 42.5 Å². The zero-order valence-electron chi connectivity index (χ0n) is 16.0. The normalized spacial score (nSPS) is 11.5. The molecule has 0 atom stereocenters. The zero-order valence-corrected chi connectivity index (χ0v) is 19.2. The number of benzene rings is 3. The number of anilines is 2. The van der Waals surface area contributed by atoms with Crippen LogP contribution in [-0.2, 0) is 10.0 Å². The second kappa shape index (κ2) is 8.47. The number of aromatic nitrogens is 1. The number of fused-ring (bicyclic) bond motifs is 1. The Morgan fingerprint density at radius 2 is 1.68 bits per heavy atom. The minimum absolute atomic E-state index is 0.0163. The second-order valence-corrected chi connectivity index (χ2v) is 10.4. The molecule has 0 radical (unpaired) electrons. The van der Waals surface area contributed by atoms with Gasteiger partial charge in [0.15, 0.2) is 0 Å². The summed E-state index contributed by atoms with van der Waals surface area (Å²) >= 11 is 13.5. The highest BCUT2D eigenvalue weighted by Gasteiger charge is 2.20. The maximum absolute atomic E-state index is 13.0. The molecular weight excluding hydrogens is 477 g/mol. The molecule has 1 amide bonds. The van der Waals surface area contributed by atoms with Gasteiger partial charge >= 0.3 is 0 Å². The summed E-state index contributed by atoms with van der Waals surface area (Å²) < 4.78 is 29.0. The standard InChI is InChI=1S/C21H15Cl2N3O3S2/c1-12-24-19-11-15(5-9-20(19)30-12)25-21(27)17-10-14(23)4-8-18(17)26-31(28,29)16-6-2-13(22)3-7-16/h2-11,26H,1H3,(H,25,27). The predicted molar refractivity (Wildman–Crippen MR) is 126 cm³/mol. The van der Waals surface area contributed by atoms with Crippen molar-refractivity contribution in [3.05, 3.63) is 81.3 Å². The average molecular weight is 492 g/mol. The number of rotatable bonds is 5. The Morgan fingerprint density at radius 1 is 0.968 bits per heavy atom. The first-order chi connectivity index (χ1) is 14.7. The largest absolute Gasteiger partial charge is 0.322 e. The van der Waals surface area contributed by atoms with Gasteiger partial charge in [0, 0.05) is 15.7 Å². The van der Waals surface area contributed by atoms with Crippen LogP contribution in [0.5, 0.6) is 0 Å². The highest BCUT2D eigenvalue weighted by atomic mass is 35.5. The van der Waals surface area contributed by atoms with Crippen LogP contribution in [-0.4, -0.2) is 19.3 Å². The van der Waals surface area contributed by atoms with Gasteiger partial charge in [0.1, 0.15) is 0 Å². The maximum Gasteiger partial charge on any atom is 0.261 e. The van der Waals surface area contributed by atoms with Crippen molar-refractivity contribution in [1.82, 2.24) is 4.98 Å². The lowest BCUT2D eigenvalue weighted by molar-refractivity contribution is 0.102. The van der Waals surface area contributed by atoms with Crippen LogP contribution >= 0.6 is 34.5 Å². The van der Waals surface area contributed by atoms with Crippen molar-refractivity contribution in [2.45, 2.75) is 11.8 Å². The van der Waals surface area contributed by atoms with E-state index in [-0.39, 0.29) is 16.1 Å². The first-order valence-electron chi connectivity index (χ1n) is 8.98. The van der Waals surface area contributed by atoms with E-state index in [2.05, 4.69) is 15.0 Å². The Bertz CT molecular complexity index is 1400. The lowest BCUT2D eigenvalue weighted by Crippen LogP contribution is -2.18. The van der Waals surface area contributed by atoms with E-state index in [0.29, 0.717) is 15.7 Å². The minimum atomic E-state index is -3.94. The molecule has 158 valence electrons. The summed E-state index contributed by atoms with van der Waals surface area (Å²) in [5.74, 6) is -0.511. The van der Waals surface area contributed by atoms with Crippen LogP contribution in [0.25, 0.3) is 10.2 Å². The number of sulfonamides is 1. The highest BCUT2D eigenvalue weighted by molar-refractivity contribution is 7.92. The van der Waals surface area contributed by atoms with Gasteiger partial charge in [-0.15, -0.1) is 11.3 Å². The molecule has 2 N–H and O–H groups in total. The third kappa shape index (κ3) is 4.83. The molecule has 0 aliphatic carbocycles. The van der Waals surface area contributed by atoms with Crippen LogP contribution in [0.15, 0.2) is 65.6 Å². The molecule has 0 bridgehead atoms. The third-order valence-electron chi connectivity index (χ3n) is 4.35. The monoisotopic (exact) mass is 491 g/mol. The second-order valence-electron chi connectivity index (χ2n) is 6.62. The average Bonchev–Trinajstić information content (AvgIpc) is 3.08. The summed E-state index contributed by atoms with van der Waals surface area (Å²) in [5.41, 5.74) is 1.49. The Hall–Kier alpha value is -2.65.